The first-order chi connectivity index (χ1) is 8.74. The van der Waals surface area contributed by atoms with Crippen LogP contribution >= 0.6 is 11.3 Å². The van der Waals surface area contributed by atoms with Crippen molar-refractivity contribution in [1.29, 1.82) is 0 Å². The largest absolute Gasteiger partial charge is 0.305 e. The van der Waals surface area contributed by atoms with Crippen LogP contribution in [0.15, 0.2) is 23.7 Å². The van der Waals surface area contributed by atoms with Gasteiger partial charge in [-0.05, 0) is 37.1 Å². The predicted molar refractivity (Wildman–Crippen MR) is 74.6 cm³/mol. The Balaban J connectivity index is 1.69. The molecule has 0 spiro atoms. The van der Waals surface area contributed by atoms with E-state index < -0.39 is 0 Å². The van der Waals surface area contributed by atoms with Crippen molar-refractivity contribution >= 4 is 11.3 Å². The van der Waals surface area contributed by atoms with Gasteiger partial charge in [0.1, 0.15) is 0 Å². The maximum atomic E-state index is 4.39. The van der Waals surface area contributed by atoms with Crippen LogP contribution in [-0.2, 0) is 13.6 Å². The monoisotopic (exact) mass is 261 g/mol. The fourth-order valence-electron chi connectivity index (χ4n) is 2.44. The van der Waals surface area contributed by atoms with E-state index >= 15 is 0 Å². The highest BCUT2D eigenvalue weighted by Crippen LogP contribution is 2.42. The van der Waals surface area contributed by atoms with Crippen LogP contribution in [0.1, 0.15) is 35.0 Å². The van der Waals surface area contributed by atoms with Gasteiger partial charge in [-0.3, -0.25) is 4.68 Å². The summed E-state index contributed by atoms with van der Waals surface area (Å²) in [5, 5.41) is 10.3. The van der Waals surface area contributed by atoms with Gasteiger partial charge in [-0.15, -0.1) is 11.3 Å². The normalized spacial score (nSPS) is 17.0. The second-order valence-electron chi connectivity index (χ2n) is 5.12. The van der Waals surface area contributed by atoms with Gasteiger partial charge in [0.2, 0.25) is 0 Å². The van der Waals surface area contributed by atoms with Crippen LogP contribution in [0.4, 0.5) is 0 Å². The average molecular weight is 261 g/mol. The van der Waals surface area contributed by atoms with E-state index in [0.29, 0.717) is 6.04 Å². The Labute approximate surface area is 112 Å². The first kappa shape index (κ1) is 11.9. The van der Waals surface area contributed by atoms with Crippen LogP contribution < -0.4 is 5.32 Å². The predicted octanol–water partition coefficient (Wildman–Crippen LogP) is 3.03. The molecule has 4 heteroatoms. The molecule has 1 aliphatic rings. The summed E-state index contributed by atoms with van der Waals surface area (Å²) in [5.74, 6) is 0.834. The smallest absolute Gasteiger partial charge is 0.0638 e. The Morgan fingerprint density at radius 2 is 2.39 bits per heavy atom. The van der Waals surface area contributed by atoms with Crippen molar-refractivity contribution in [2.45, 2.75) is 32.4 Å². The number of hydrogen-bond donors (Lipinski definition) is 1. The van der Waals surface area contributed by atoms with Crippen LogP contribution in [0.3, 0.4) is 0 Å². The van der Waals surface area contributed by atoms with E-state index in [-0.39, 0.29) is 0 Å². The number of thiophene rings is 1. The van der Waals surface area contributed by atoms with Crippen molar-refractivity contribution < 1.29 is 0 Å². The van der Waals surface area contributed by atoms with E-state index in [2.05, 4.69) is 41.0 Å². The van der Waals surface area contributed by atoms with Crippen LogP contribution in [0.5, 0.6) is 0 Å². The molecule has 0 amide bonds. The van der Waals surface area contributed by atoms with Gasteiger partial charge in [0, 0.05) is 36.3 Å². The Hall–Kier alpha value is -1.13. The van der Waals surface area contributed by atoms with E-state index in [4.69, 9.17) is 0 Å². The lowest BCUT2D eigenvalue weighted by Gasteiger charge is -2.16. The molecule has 18 heavy (non-hydrogen) atoms. The molecule has 2 heterocycles. The molecule has 1 saturated carbocycles. The summed E-state index contributed by atoms with van der Waals surface area (Å²) in [4.78, 5) is 1.47. The second-order valence-corrected chi connectivity index (χ2v) is 6.10. The summed E-state index contributed by atoms with van der Waals surface area (Å²) in [7, 11) is 1.98. The molecule has 1 atom stereocenters. The highest BCUT2D eigenvalue weighted by molar-refractivity contribution is 7.10. The number of nitrogens with zero attached hydrogens (tertiary/aromatic N) is 2. The molecule has 3 nitrogen and oxygen atoms in total. The first-order valence-corrected chi connectivity index (χ1v) is 7.38. The summed E-state index contributed by atoms with van der Waals surface area (Å²) in [6, 6.07) is 4.92. The molecule has 2 aromatic heterocycles. The van der Waals surface area contributed by atoms with E-state index in [1.165, 1.54) is 23.3 Å². The van der Waals surface area contributed by atoms with Gasteiger partial charge in [-0.25, -0.2) is 0 Å². The molecule has 1 aliphatic carbocycles. The molecule has 0 bridgehead atoms. The molecular formula is C14H19N3S. The Kier molecular flexibility index (Phi) is 3.22. The summed E-state index contributed by atoms with van der Waals surface area (Å²) < 4.78 is 1.89. The number of hydrogen-bond acceptors (Lipinski definition) is 3. The van der Waals surface area contributed by atoms with Crippen LogP contribution in [-0.4, -0.2) is 9.78 Å². The van der Waals surface area contributed by atoms with Crippen LogP contribution in [0, 0.1) is 12.8 Å². The number of nitrogens with one attached hydrogen (secondary N) is 1. The highest BCUT2D eigenvalue weighted by atomic mass is 32.1. The Bertz CT molecular complexity index is 511. The third kappa shape index (κ3) is 2.49. The zero-order chi connectivity index (χ0) is 12.5. The summed E-state index contributed by atoms with van der Waals surface area (Å²) >= 11 is 1.86. The molecule has 1 N–H and O–H groups in total. The van der Waals surface area contributed by atoms with Crippen molar-refractivity contribution in [3.63, 3.8) is 0 Å². The third-order valence-corrected chi connectivity index (χ3v) is 4.53. The topological polar surface area (TPSA) is 29.9 Å². The first-order valence-electron chi connectivity index (χ1n) is 6.50. The maximum Gasteiger partial charge on any atom is 0.0638 e. The number of aryl methyl sites for hydroxylation is 2. The minimum Gasteiger partial charge on any atom is -0.305 e. The van der Waals surface area contributed by atoms with Crippen molar-refractivity contribution in [3.05, 3.63) is 39.8 Å². The summed E-state index contributed by atoms with van der Waals surface area (Å²) in [5.41, 5.74) is 2.44. The van der Waals surface area contributed by atoms with Crippen molar-refractivity contribution in [2.75, 3.05) is 0 Å². The zero-order valence-corrected chi connectivity index (χ0v) is 11.7. The minimum atomic E-state index is 0.532. The van der Waals surface area contributed by atoms with E-state index in [1.54, 1.807) is 0 Å². The summed E-state index contributed by atoms with van der Waals surface area (Å²) in [6.07, 6.45) is 4.84. The number of rotatable bonds is 5. The van der Waals surface area contributed by atoms with Gasteiger partial charge in [0.05, 0.1) is 5.69 Å². The molecule has 2 aromatic rings. The minimum absolute atomic E-state index is 0.532. The Morgan fingerprint density at radius 3 is 2.94 bits per heavy atom. The van der Waals surface area contributed by atoms with Crippen LogP contribution in [0.25, 0.3) is 0 Å². The molecule has 96 valence electrons. The second kappa shape index (κ2) is 4.86. The van der Waals surface area contributed by atoms with Gasteiger partial charge in [-0.2, -0.15) is 5.10 Å². The van der Waals surface area contributed by atoms with Gasteiger partial charge in [-0.1, -0.05) is 6.07 Å². The molecule has 1 fully saturated rings. The molecule has 0 aromatic carbocycles. The van der Waals surface area contributed by atoms with Crippen molar-refractivity contribution in [1.82, 2.24) is 15.1 Å². The lowest BCUT2D eigenvalue weighted by atomic mass is 10.1. The molecular weight excluding hydrogens is 242 g/mol. The highest BCUT2D eigenvalue weighted by Gasteiger charge is 2.32. The van der Waals surface area contributed by atoms with E-state index in [0.717, 1.165) is 18.2 Å². The molecule has 0 aliphatic heterocycles. The van der Waals surface area contributed by atoms with E-state index in [9.17, 15) is 0 Å². The molecule has 3 rings (SSSR count). The fourth-order valence-corrected chi connectivity index (χ4v) is 3.33. The van der Waals surface area contributed by atoms with Gasteiger partial charge >= 0.3 is 0 Å². The lowest BCUT2D eigenvalue weighted by molar-refractivity contribution is 0.487. The molecule has 1 unspecified atom stereocenters. The Morgan fingerprint density at radius 1 is 1.56 bits per heavy atom. The maximum absolute atomic E-state index is 4.39. The van der Waals surface area contributed by atoms with Crippen molar-refractivity contribution in [3.8, 4) is 0 Å². The van der Waals surface area contributed by atoms with Gasteiger partial charge in [0.25, 0.3) is 0 Å². The van der Waals surface area contributed by atoms with Crippen LogP contribution in [0.2, 0.25) is 0 Å². The SMILES string of the molecule is Cc1nn(C)cc1CNC(c1cccs1)C1CC1. The van der Waals surface area contributed by atoms with Crippen molar-refractivity contribution in [2.24, 2.45) is 13.0 Å². The van der Waals surface area contributed by atoms with Gasteiger partial charge < -0.3 is 5.32 Å². The summed E-state index contributed by atoms with van der Waals surface area (Å²) in [6.45, 7) is 2.99. The quantitative estimate of drug-likeness (QED) is 0.896. The van der Waals surface area contributed by atoms with E-state index in [1.807, 2.05) is 23.1 Å². The average Bonchev–Trinajstić information content (AvgIpc) is 2.91. The van der Waals surface area contributed by atoms with Gasteiger partial charge in [0.15, 0.2) is 0 Å². The molecule has 0 radical (unpaired) electrons. The molecule has 0 saturated heterocycles. The fraction of sp³-hybridized carbons (Fsp3) is 0.500. The number of aromatic nitrogens is 2. The standard InChI is InChI=1S/C14H19N3S/c1-10-12(9-17(2)16-10)8-15-14(11-5-6-11)13-4-3-7-18-13/h3-4,7,9,11,14-15H,5-6,8H2,1-2H3. The lowest BCUT2D eigenvalue weighted by Crippen LogP contribution is -2.22. The zero-order valence-electron chi connectivity index (χ0n) is 10.9. The third-order valence-electron chi connectivity index (χ3n) is 3.57.